The van der Waals surface area contributed by atoms with Crippen LogP contribution >= 0.6 is 0 Å². The largest absolute Gasteiger partial charge is 0.316 e. The van der Waals surface area contributed by atoms with Crippen molar-refractivity contribution in [1.29, 1.82) is 0 Å². The van der Waals surface area contributed by atoms with Crippen molar-refractivity contribution in [2.45, 2.75) is 25.2 Å². The summed E-state index contributed by atoms with van der Waals surface area (Å²) < 4.78 is 0. The van der Waals surface area contributed by atoms with Crippen LogP contribution in [0.5, 0.6) is 0 Å². The maximum Gasteiger partial charge on any atom is 0.0118 e. The Morgan fingerprint density at radius 2 is 2.07 bits per heavy atom. The Bertz CT molecular complexity index is 341. The lowest BCUT2D eigenvalue weighted by molar-refractivity contribution is 0.182. The highest BCUT2D eigenvalue weighted by Gasteiger charge is 2.50. The molecule has 1 aromatic carbocycles. The minimum atomic E-state index is 0.508. The number of aryl methyl sites for hydroxylation is 1. The first-order chi connectivity index (χ1) is 6.81. The summed E-state index contributed by atoms with van der Waals surface area (Å²) in [6, 6.07) is 9.15. The van der Waals surface area contributed by atoms with Gasteiger partial charge in [0, 0.05) is 12.0 Å². The third kappa shape index (κ3) is 0.992. The molecule has 2 aliphatic rings. The molecule has 1 saturated carbocycles. The monoisotopic (exact) mass is 187 g/mol. The highest BCUT2D eigenvalue weighted by Crippen LogP contribution is 2.50. The molecular formula is C13H17N. The number of rotatable bonds is 1. The zero-order chi connectivity index (χ0) is 9.60. The molecule has 3 rings (SSSR count). The first-order valence-electron chi connectivity index (χ1n) is 5.59. The van der Waals surface area contributed by atoms with Gasteiger partial charge >= 0.3 is 0 Å². The summed E-state index contributed by atoms with van der Waals surface area (Å²) in [5.41, 5.74) is 3.43. The van der Waals surface area contributed by atoms with Crippen molar-refractivity contribution in [3.8, 4) is 0 Å². The van der Waals surface area contributed by atoms with Gasteiger partial charge in [-0.1, -0.05) is 29.8 Å². The second-order valence-electron chi connectivity index (χ2n) is 4.89. The molecule has 0 radical (unpaired) electrons. The first kappa shape index (κ1) is 8.49. The Morgan fingerprint density at radius 3 is 2.64 bits per heavy atom. The van der Waals surface area contributed by atoms with Gasteiger partial charge < -0.3 is 5.32 Å². The van der Waals surface area contributed by atoms with Gasteiger partial charge in [-0.05, 0) is 37.8 Å². The van der Waals surface area contributed by atoms with E-state index in [1.807, 2.05) is 0 Å². The van der Waals surface area contributed by atoms with Crippen LogP contribution < -0.4 is 5.32 Å². The zero-order valence-corrected chi connectivity index (χ0v) is 8.72. The van der Waals surface area contributed by atoms with Gasteiger partial charge in [0.15, 0.2) is 0 Å². The van der Waals surface area contributed by atoms with Crippen LogP contribution in [-0.2, 0) is 5.41 Å². The molecule has 1 heteroatoms. The van der Waals surface area contributed by atoms with E-state index < -0.39 is 0 Å². The minimum Gasteiger partial charge on any atom is -0.316 e. The predicted octanol–water partition coefficient (Wildman–Crippen LogP) is 2.25. The van der Waals surface area contributed by atoms with Gasteiger partial charge in [0.25, 0.3) is 0 Å². The van der Waals surface area contributed by atoms with Crippen LogP contribution in [-0.4, -0.2) is 13.1 Å². The number of fused-ring (bicyclic) bond motifs is 1. The Labute approximate surface area is 85.5 Å². The third-order valence-corrected chi connectivity index (χ3v) is 4.18. The third-order valence-electron chi connectivity index (χ3n) is 4.18. The van der Waals surface area contributed by atoms with E-state index in [1.165, 1.54) is 31.5 Å². The van der Waals surface area contributed by atoms with Gasteiger partial charge in [-0.15, -0.1) is 0 Å². The molecule has 1 aliphatic carbocycles. The lowest BCUT2D eigenvalue weighted by atomic mass is 9.58. The summed E-state index contributed by atoms with van der Waals surface area (Å²) in [7, 11) is 0. The van der Waals surface area contributed by atoms with E-state index in [0.717, 1.165) is 5.92 Å². The molecule has 1 N–H and O–H groups in total. The van der Waals surface area contributed by atoms with Crippen molar-refractivity contribution < 1.29 is 0 Å². The van der Waals surface area contributed by atoms with Crippen molar-refractivity contribution in [3.05, 3.63) is 35.4 Å². The predicted molar refractivity (Wildman–Crippen MR) is 58.5 cm³/mol. The number of hydrogen-bond donors (Lipinski definition) is 1. The van der Waals surface area contributed by atoms with Gasteiger partial charge in [-0.3, -0.25) is 0 Å². The molecular weight excluding hydrogens is 170 g/mol. The van der Waals surface area contributed by atoms with Crippen molar-refractivity contribution >= 4 is 0 Å². The average molecular weight is 187 g/mol. The summed E-state index contributed by atoms with van der Waals surface area (Å²) in [6.07, 6.45) is 2.80. The van der Waals surface area contributed by atoms with Gasteiger partial charge in [0.2, 0.25) is 0 Å². The minimum absolute atomic E-state index is 0.508. The highest BCUT2D eigenvalue weighted by molar-refractivity contribution is 5.34. The number of hydrogen-bond acceptors (Lipinski definition) is 1. The Morgan fingerprint density at radius 1 is 1.29 bits per heavy atom. The van der Waals surface area contributed by atoms with Crippen molar-refractivity contribution in [2.24, 2.45) is 5.92 Å². The molecule has 2 unspecified atom stereocenters. The molecule has 0 aromatic heterocycles. The average Bonchev–Trinajstić information content (AvgIpc) is 2.45. The fourth-order valence-electron chi connectivity index (χ4n) is 3.06. The maximum atomic E-state index is 3.54. The molecule has 1 nitrogen and oxygen atoms in total. The van der Waals surface area contributed by atoms with Crippen LogP contribution in [0.4, 0.5) is 0 Å². The van der Waals surface area contributed by atoms with Gasteiger partial charge in [0.1, 0.15) is 0 Å². The van der Waals surface area contributed by atoms with Crippen LogP contribution in [0.1, 0.15) is 24.0 Å². The Balaban J connectivity index is 1.98. The molecule has 2 atom stereocenters. The quantitative estimate of drug-likeness (QED) is 0.711. The van der Waals surface area contributed by atoms with Crippen molar-refractivity contribution in [3.63, 3.8) is 0 Å². The summed E-state index contributed by atoms with van der Waals surface area (Å²) in [5, 5.41) is 3.54. The van der Waals surface area contributed by atoms with Gasteiger partial charge in [-0.25, -0.2) is 0 Å². The highest BCUT2D eigenvalue weighted by atomic mass is 15.0. The van der Waals surface area contributed by atoms with Crippen molar-refractivity contribution in [1.82, 2.24) is 5.32 Å². The SMILES string of the molecule is Cc1ccc(C23CCC2CNC3)cc1. The Kier molecular flexibility index (Phi) is 1.72. The lowest BCUT2D eigenvalue weighted by Crippen LogP contribution is -2.43. The van der Waals surface area contributed by atoms with Gasteiger partial charge in [-0.2, -0.15) is 0 Å². The van der Waals surface area contributed by atoms with E-state index in [0.29, 0.717) is 5.41 Å². The van der Waals surface area contributed by atoms with E-state index >= 15 is 0 Å². The van der Waals surface area contributed by atoms with Crippen LogP contribution in [0.2, 0.25) is 0 Å². The van der Waals surface area contributed by atoms with E-state index in [4.69, 9.17) is 0 Å². The van der Waals surface area contributed by atoms with E-state index in [-0.39, 0.29) is 0 Å². The normalized spacial score (nSPS) is 35.1. The van der Waals surface area contributed by atoms with Crippen LogP contribution in [0, 0.1) is 12.8 Å². The van der Waals surface area contributed by atoms with Gasteiger partial charge in [0.05, 0.1) is 0 Å². The molecule has 0 bridgehead atoms. The number of benzene rings is 1. The molecule has 74 valence electrons. The summed E-state index contributed by atoms with van der Waals surface area (Å²) in [4.78, 5) is 0. The topological polar surface area (TPSA) is 12.0 Å². The zero-order valence-electron chi connectivity index (χ0n) is 8.72. The number of nitrogens with one attached hydrogen (secondary N) is 1. The summed E-state index contributed by atoms with van der Waals surface area (Å²) in [6.45, 7) is 4.58. The fraction of sp³-hybridized carbons (Fsp3) is 0.538. The van der Waals surface area contributed by atoms with Crippen LogP contribution in [0.3, 0.4) is 0 Å². The van der Waals surface area contributed by atoms with Crippen molar-refractivity contribution in [2.75, 3.05) is 13.1 Å². The summed E-state index contributed by atoms with van der Waals surface area (Å²) >= 11 is 0. The molecule has 14 heavy (non-hydrogen) atoms. The molecule has 0 amide bonds. The molecule has 1 saturated heterocycles. The standard InChI is InChI=1S/C13H17N/c1-10-2-4-11(5-3-10)13-7-6-12(13)8-14-9-13/h2-5,12,14H,6-9H2,1H3. The Hall–Kier alpha value is -0.820. The second-order valence-corrected chi connectivity index (χ2v) is 4.89. The van der Waals surface area contributed by atoms with E-state index in [9.17, 15) is 0 Å². The second kappa shape index (κ2) is 2.83. The molecule has 2 fully saturated rings. The fourth-order valence-corrected chi connectivity index (χ4v) is 3.06. The lowest BCUT2D eigenvalue weighted by Gasteiger charge is -2.44. The molecule has 1 aliphatic heterocycles. The van der Waals surface area contributed by atoms with Crippen LogP contribution in [0.25, 0.3) is 0 Å². The first-order valence-corrected chi connectivity index (χ1v) is 5.59. The molecule has 1 aromatic rings. The van der Waals surface area contributed by atoms with E-state index in [2.05, 4.69) is 36.5 Å². The molecule has 0 spiro atoms. The molecule has 1 heterocycles. The summed E-state index contributed by atoms with van der Waals surface area (Å²) in [5.74, 6) is 0.908. The van der Waals surface area contributed by atoms with E-state index in [1.54, 1.807) is 5.56 Å². The maximum absolute atomic E-state index is 3.54. The smallest absolute Gasteiger partial charge is 0.0118 e. The van der Waals surface area contributed by atoms with Crippen LogP contribution in [0.15, 0.2) is 24.3 Å².